The number of rotatable bonds is 6. The number of ether oxygens (including phenoxy) is 1. The number of nitrogens with zero attached hydrogens (tertiary/aromatic N) is 2. The molecular formula is C19H10Cl6N2O7. The van der Waals surface area contributed by atoms with Crippen LogP contribution in [0.25, 0.3) is 0 Å². The van der Waals surface area contributed by atoms with E-state index in [9.17, 15) is 29.3 Å². The van der Waals surface area contributed by atoms with Crippen molar-refractivity contribution in [1.29, 1.82) is 0 Å². The summed E-state index contributed by atoms with van der Waals surface area (Å²) in [6.07, 6.45) is 0. The van der Waals surface area contributed by atoms with Gasteiger partial charge in [-0.15, -0.1) is 23.2 Å². The van der Waals surface area contributed by atoms with Crippen molar-refractivity contribution >= 4 is 98.9 Å². The summed E-state index contributed by atoms with van der Waals surface area (Å²) in [6, 6.07) is 4.63. The molecule has 15 heteroatoms. The summed E-state index contributed by atoms with van der Waals surface area (Å²) < 4.78 is 2.77. The van der Waals surface area contributed by atoms with Gasteiger partial charge in [0.05, 0.1) is 26.8 Å². The highest BCUT2D eigenvalue weighted by atomic mass is 35.5. The van der Waals surface area contributed by atoms with Crippen LogP contribution in [0.1, 0.15) is 10.4 Å². The van der Waals surface area contributed by atoms with E-state index in [-0.39, 0.29) is 21.3 Å². The molecule has 1 aliphatic heterocycles. The maximum absolute atomic E-state index is 13.0. The molecule has 34 heavy (non-hydrogen) atoms. The maximum atomic E-state index is 13.0. The van der Waals surface area contributed by atoms with Crippen LogP contribution in [-0.2, 0) is 19.1 Å². The zero-order chi connectivity index (χ0) is 25.4. The maximum Gasteiger partial charge on any atom is 0.326 e. The Hall–Kier alpha value is -1.62. The number of amides is 2. The number of non-ortho nitro benzene ring substituents is 1. The molecule has 1 aromatic rings. The van der Waals surface area contributed by atoms with Crippen LogP contribution < -0.4 is 0 Å². The smallest absolute Gasteiger partial charge is 0.326 e. The van der Waals surface area contributed by atoms with E-state index >= 15 is 0 Å². The number of alkyl halides is 4. The van der Waals surface area contributed by atoms with Gasteiger partial charge in [0.1, 0.15) is 16.3 Å². The van der Waals surface area contributed by atoms with Gasteiger partial charge in [0.2, 0.25) is 11.8 Å². The molecule has 2 fully saturated rings. The summed E-state index contributed by atoms with van der Waals surface area (Å²) >= 11 is 38.2. The minimum Gasteiger partial charge on any atom is -0.456 e. The zero-order valence-electron chi connectivity index (χ0n) is 16.4. The topological polar surface area (TPSA) is 124 Å². The molecule has 2 aliphatic carbocycles. The first-order valence-electron chi connectivity index (χ1n) is 9.31. The molecule has 4 unspecified atom stereocenters. The molecule has 2 amide bonds. The largest absolute Gasteiger partial charge is 0.456 e. The quantitative estimate of drug-likeness (QED) is 0.123. The molecule has 3 aliphatic rings. The highest BCUT2D eigenvalue weighted by Crippen LogP contribution is 2.77. The Bertz CT molecular complexity index is 1160. The molecular weight excluding hydrogens is 581 g/mol. The Morgan fingerprint density at radius 2 is 1.44 bits per heavy atom. The Balaban J connectivity index is 1.46. The minimum atomic E-state index is -2.10. The number of nitro groups is 1. The lowest BCUT2D eigenvalue weighted by Crippen LogP contribution is -2.50. The minimum absolute atomic E-state index is 0.0573. The van der Waals surface area contributed by atoms with Gasteiger partial charge in [-0.05, 0) is 12.1 Å². The number of hydrogen-bond donors (Lipinski definition) is 0. The number of nitro benzene ring substituents is 1. The molecule has 4 atom stereocenters. The Kier molecular flexibility index (Phi) is 6.15. The van der Waals surface area contributed by atoms with Gasteiger partial charge in [0, 0.05) is 17.7 Å². The van der Waals surface area contributed by atoms with Gasteiger partial charge in [-0.2, -0.15) is 0 Å². The number of esters is 1. The molecule has 4 rings (SSSR count). The lowest BCUT2D eigenvalue weighted by atomic mass is 9.84. The lowest BCUT2D eigenvalue weighted by molar-refractivity contribution is -0.384. The van der Waals surface area contributed by atoms with Crippen molar-refractivity contribution in [3.63, 3.8) is 0 Å². The number of halogens is 6. The molecule has 0 spiro atoms. The standard InChI is InChI=1S/C19H10Cl6N2O7/c20-13-14(21)18(23)12-11(17(13,22)19(18,24)25)15(30)26(16(12)31)5-10(29)34-6-9(28)7-1-3-8(4-2-7)27(32)33/h1-4,11-12H,5-6H2. The lowest BCUT2D eigenvalue weighted by Gasteiger charge is -2.34. The normalized spacial score (nSPS) is 31.2. The van der Waals surface area contributed by atoms with Crippen LogP contribution in [0.15, 0.2) is 34.3 Å². The first-order valence-corrected chi connectivity index (χ1v) is 11.6. The molecule has 1 saturated heterocycles. The second kappa shape index (κ2) is 8.21. The Labute approximate surface area is 220 Å². The van der Waals surface area contributed by atoms with Crippen LogP contribution in [0.5, 0.6) is 0 Å². The van der Waals surface area contributed by atoms with Crippen molar-refractivity contribution in [1.82, 2.24) is 4.90 Å². The molecule has 1 saturated carbocycles. The van der Waals surface area contributed by atoms with Gasteiger partial charge in [0.15, 0.2) is 16.7 Å². The van der Waals surface area contributed by atoms with Gasteiger partial charge in [-0.25, -0.2) is 0 Å². The van der Waals surface area contributed by atoms with Gasteiger partial charge >= 0.3 is 5.97 Å². The fourth-order valence-electron chi connectivity index (χ4n) is 4.38. The van der Waals surface area contributed by atoms with Gasteiger partial charge in [-0.1, -0.05) is 46.4 Å². The van der Waals surface area contributed by atoms with Crippen LogP contribution in [-0.4, -0.2) is 60.6 Å². The van der Waals surface area contributed by atoms with Crippen LogP contribution in [0, 0.1) is 22.0 Å². The number of hydrogen-bond acceptors (Lipinski definition) is 7. The molecule has 2 bridgehead atoms. The fourth-order valence-corrected chi connectivity index (χ4v) is 7.31. The first-order chi connectivity index (χ1) is 15.7. The van der Waals surface area contributed by atoms with E-state index in [4.69, 9.17) is 74.3 Å². The Morgan fingerprint density at radius 3 is 1.88 bits per heavy atom. The van der Waals surface area contributed by atoms with Crippen LogP contribution in [0.3, 0.4) is 0 Å². The summed E-state index contributed by atoms with van der Waals surface area (Å²) in [5.41, 5.74) is -0.164. The second-order valence-corrected chi connectivity index (χ2v) is 11.0. The van der Waals surface area contributed by atoms with Gasteiger partial charge in [-0.3, -0.25) is 34.2 Å². The average Bonchev–Trinajstić information content (AvgIpc) is 3.16. The summed E-state index contributed by atoms with van der Waals surface area (Å²) in [6.45, 7) is -1.57. The highest BCUT2D eigenvalue weighted by Gasteiger charge is 2.87. The number of imide groups is 1. The van der Waals surface area contributed by atoms with E-state index in [1.165, 1.54) is 12.1 Å². The van der Waals surface area contributed by atoms with Crippen molar-refractivity contribution in [3.8, 4) is 0 Å². The molecule has 0 aromatic heterocycles. The monoisotopic (exact) mass is 588 g/mol. The van der Waals surface area contributed by atoms with Crippen molar-refractivity contribution in [2.75, 3.05) is 13.2 Å². The highest BCUT2D eigenvalue weighted by molar-refractivity contribution is 6.66. The van der Waals surface area contributed by atoms with E-state index < -0.39 is 67.6 Å². The number of likely N-dealkylation sites (tertiary alicyclic amines) is 1. The van der Waals surface area contributed by atoms with E-state index in [2.05, 4.69) is 0 Å². The van der Waals surface area contributed by atoms with Crippen molar-refractivity contribution in [2.24, 2.45) is 11.8 Å². The van der Waals surface area contributed by atoms with Gasteiger partial charge in [0.25, 0.3) is 5.69 Å². The molecule has 1 aromatic carbocycles. The third kappa shape index (κ3) is 3.14. The number of Topliss-reactive ketones (excluding diaryl/α,β-unsaturated/α-hetero) is 1. The van der Waals surface area contributed by atoms with Crippen molar-refractivity contribution in [3.05, 3.63) is 50.0 Å². The molecule has 180 valence electrons. The number of carbonyl (C=O) groups is 4. The van der Waals surface area contributed by atoms with Gasteiger partial charge < -0.3 is 4.74 Å². The third-order valence-electron chi connectivity index (χ3n) is 6.05. The number of ketones is 1. The zero-order valence-corrected chi connectivity index (χ0v) is 20.9. The summed E-state index contributed by atoms with van der Waals surface area (Å²) in [7, 11) is 0. The number of fused-ring (bicyclic) bond motifs is 5. The number of allylic oxidation sites excluding steroid dienone is 2. The van der Waals surface area contributed by atoms with Crippen molar-refractivity contribution < 1.29 is 28.8 Å². The fraction of sp³-hybridized carbons (Fsp3) is 0.368. The molecule has 9 nitrogen and oxygen atoms in total. The summed E-state index contributed by atoms with van der Waals surface area (Å²) in [4.78, 5) is 57.2. The Morgan fingerprint density at radius 1 is 0.971 bits per heavy atom. The van der Waals surface area contributed by atoms with Crippen LogP contribution >= 0.6 is 69.6 Å². The molecule has 1 heterocycles. The average molecular weight is 591 g/mol. The van der Waals surface area contributed by atoms with E-state index in [0.29, 0.717) is 4.90 Å². The predicted molar refractivity (Wildman–Crippen MR) is 122 cm³/mol. The molecule has 0 radical (unpaired) electrons. The van der Waals surface area contributed by atoms with E-state index in [0.717, 1.165) is 12.1 Å². The molecule has 0 N–H and O–H groups in total. The van der Waals surface area contributed by atoms with Crippen LogP contribution in [0.2, 0.25) is 0 Å². The summed E-state index contributed by atoms with van der Waals surface area (Å²) in [5.74, 6) is -6.33. The van der Waals surface area contributed by atoms with E-state index in [1.807, 2.05) is 0 Å². The second-order valence-electron chi connectivity index (χ2n) is 7.73. The van der Waals surface area contributed by atoms with Crippen molar-refractivity contribution in [2.45, 2.75) is 14.1 Å². The predicted octanol–water partition coefficient (Wildman–Crippen LogP) is 3.77. The van der Waals surface area contributed by atoms with E-state index in [1.54, 1.807) is 0 Å². The first kappa shape index (κ1) is 25.5. The summed E-state index contributed by atoms with van der Waals surface area (Å²) in [5, 5.41) is 10.2. The third-order valence-corrected chi connectivity index (χ3v) is 10.3. The number of carbonyl (C=O) groups excluding carboxylic acids is 4. The van der Waals surface area contributed by atoms with Crippen LogP contribution in [0.4, 0.5) is 5.69 Å². The SMILES string of the molecule is O=C(CN1C(=O)C2C(C1=O)C1(Cl)C(Cl)=C(Cl)C2(Cl)C1(Cl)Cl)OCC(=O)c1ccc([N+](=O)[O-])cc1. The number of benzene rings is 1.